The highest BCUT2D eigenvalue weighted by Crippen LogP contribution is 2.34. The largest absolute Gasteiger partial charge is 0.485 e. The zero-order valence-electron chi connectivity index (χ0n) is 18.4. The average molecular weight is 400 g/mol. The molecule has 2 rings (SSSR count). The van der Waals surface area contributed by atoms with Crippen molar-refractivity contribution < 1.29 is 9.47 Å². The van der Waals surface area contributed by atoms with E-state index in [1.807, 2.05) is 30.3 Å². The van der Waals surface area contributed by atoms with Gasteiger partial charge in [0.2, 0.25) is 0 Å². The molecule has 4 N–H and O–H groups in total. The molecule has 0 heterocycles. The summed E-state index contributed by atoms with van der Waals surface area (Å²) in [5.74, 6) is 2.04. The van der Waals surface area contributed by atoms with Gasteiger partial charge in [-0.25, -0.2) is 0 Å². The molecule has 0 saturated carbocycles. The van der Waals surface area contributed by atoms with Crippen LogP contribution in [0.3, 0.4) is 0 Å². The van der Waals surface area contributed by atoms with Crippen LogP contribution in [-0.4, -0.2) is 30.1 Å². The van der Waals surface area contributed by atoms with Gasteiger partial charge in [-0.3, -0.25) is 4.90 Å². The highest BCUT2D eigenvalue weighted by atomic mass is 16.5. The van der Waals surface area contributed by atoms with E-state index in [1.165, 1.54) is 25.7 Å². The number of nitrogens with zero attached hydrogens (tertiary/aromatic N) is 1. The van der Waals surface area contributed by atoms with Crippen molar-refractivity contribution in [2.24, 2.45) is 0 Å². The molecule has 0 bridgehead atoms. The molecule has 0 aliphatic rings. The molecular formula is C24H37N3O2. The lowest BCUT2D eigenvalue weighted by Crippen LogP contribution is -2.43. The maximum Gasteiger partial charge on any atom is 0.169 e. The predicted octanol–water partition coefficient (Wildman–Crippen LogP) is 5.70. The first-order valence-electron chi connectivity index (χ1n) is 10.8. The van der Waals surface area contributed by atoms with Crippen LogP contribution in [0.15, 0.2) is 42.5 Å². The number of benzene rings is 2. The van der Waals surface area contributed by atoms with Crippen LogP contribution in [-0.2, 0) is 0 Å². The highest BCUT2D eigenvalue weighted by molar-refractivity contribution is 5.65. The number of hydrogen-bond donors (Lipinski definition) is 2. The quantitative estimate of drug-likeness (QED) is 0.448. The molecular weight excluding hydrogens is 362 g/mol. The van der Waals surface area contributed by atoms with Crippen LogP contribution in [0.5, 0.6) is 17.2 Å². The van der Waals surface area contributed by atoms with E-state index in [-0.39, 0.29) is 6.10 Å². The molecule has 0 saturated heterocycles. The molecule has 0 radical (unpaired) electrons. The zero-order valence-corrected chi connectivity index (χ0v) is 18.4. The van der Waals surface area contributed by atoms with Crippen LogP contribution in [0, 0.1) is 0 Å². The lowest BCUT2D eigenvalue weighted by atomic mass is 10.1. The number of hydrogen-bond acceptors (Lipinski definition) is 5. The fraction of sp³-hybridized carbons (Fsp3) is 0.500. The summed E-state index contributed by atoms with van der Waals surface area (Å²) in [6.07, 6.45) is 4.85. The van der Waals surface area contributed by atoms with Gasteiger partial charge in [0, 0.05) is 12.1 Å². The average Bonchev–Trinajstić information content (AvgIpc) is 2.72. The number of ether oxygens (including phenoxy) is 2. The Labute approximate surface area is 176 Å². The van der Waals surface area contributed by atoms with E-state index in [0.717, 1.165) is 18.8 Å². The third kappa shape index (κ3) is 6.86. The van der Waals surface area contributed by atoms with Crippen molar-refractivity contribution in [1.82, 2.24) is 4.90 Å². The van der Waals surface area contributed by atoms with Crippen molar-refractivity contribution in [2.45, 2.75) is 65.5 Å². The number of para-hydroxylation sites is 2. The number of unbranched alkanes of at least 4 members (excludes halogenated alkanes) is 2. The van der Waals surface area contributed by atoms with Crippen LogP contribution in [0.4, 0.5) is 11.4 Å². The minimum atomic E-state index is 0.0324. The third-order valence-corrected chi connectivity index (χ3v) is 5.30. The van der Waals surface area contributed by atoms with E-state index >= 15 is 0 Å². The smallest absolute Gasteiger partial charge is 0.169 e. The Morgan fingerprint density at radius 2 is 1.48 bits per heavy atom. The van der Waals surface area contributed by atoms with Crippen LogP contribution in [0.25, 0.3) is 0 Å². The first kappa shape index (κ1) is 22.9. The summed E-state index contributed by atoms with van der Waals surface area (Å²) in [5.41, 5.74) is 12.8. The SMILES string of the molecule is CCCCN(CCCC)C(C)C(C)Oc1ccccc1Oc1ccc(N)c(N)c1. The van der Waals surface area contributed by atoms with Crippen molar-refractivity contribution in [3.05, 3.63) is 42.5 Å². The van der Waals surface area contributed by atoms with Gasteiger partial charge >= 0.3 is 0 Å². The van der Waals surface area contributed by atoms with Gasteiger partial charge in [-0.2, -0.15) is 0 Å². The number of rotatable bonds is 12. The first-order valence-corrected chi connectivity index (χ1v) is 10.8. The first-order chi connectivity index (χ1) is 14.0. The van der Waals surface area contributed by atoms with Crippen molar-refractivity contribution in [3.8, 4) is 17.2 Å². The van der Waals surface area contributed by atoms with Crippen molar-refractivity contribution in [1.29, 1.82) is 0 Å². The van der Waals surface area contributed by atoms with Gasteiger partial charge in [0.15, 0.2) is 11.5 Å². The van der Waals surface area contributed by atoms with Gasteiger partial charge in [0.05, 0.1) is 11.4 Å². The molecule has 0 fully saturated rings. The topological polar surface area (TPSA) is 73.7 Å². The fourth-order valence-electron chi connectivity index (χ4n) is 3.21. The normalized spacial score (nSPS) is 13.3. The Balaban J connectivity index is 2.10. The standard InChI is InChI=1S/C24H37N3O2/c1-5-7-15-27(16-8-6-2)18(3)19(4)28-23-11-9-10-12-24(23)29-20-13-14-21(25)22(26)17-20/h9-14,17-19H,5-8,15-16,25-26H2,1-4H3. The molecule has 0 spiro atoms. The molecule has 29 heavy (non-hydrogen) atoms. The van der Waals surface area contributed by atoms with Crippen molar-refractivity contribution in [3.63, 3.8) is 0 Å². The number of nitrogens with two attached hydrogens (primary N) is 2. The van der Waals surface area contributed by atoms with Gasteiger partial charge in [0.25, 0.3) is 0 Å². The summed E-state index contributed by atoms with van der Waals surface area (Å²) in [6, 6.07) is 13.4. The van der Waals surface area contributed by atoms with E-state index in [0.29, 0.717) is 28.9 Å². The van der Waals surface area contributed by atoms with Crippen LogP contribution >= 0.6 is 0 Å². The summed E-state index contributed by atoms with van der Waals surface area (Å²) in [5, 5.41) is 0. The molecule has 2 aromatic carbocycles. The molecule has 160 valence electrons. The minimum Gasteiger partial charge on any atom is -0.485 e. The third-order valence-electron chi connectivity index (χ3n) is 5.30. The summed E-state index contributed by atoms with van der Waals surface area (Å²) < 4.78 is 12.4. The summed E-state index contributed by atoms with van der Waals surface area (Å²) in [7, 11) is 0. The lowest BCUT2D eigenvalue weighted by Gasteiger charge is -2.33. The van der Waals surface area contributed by atoms with E-state index in [1.54, 1.807) is 12.1 Å². The predicted molar refractivity (Wildman–Crippen MR) is 123 cm³/mol. The van der Waals surface area contributed by atoms with Gasteiger partial charge in [-0.1, -0.05) is 38.8 Å². The molecule has 0 aliphatic carbocycles. The Kier molecular flexibility index (Phi) is 9.13. The fourth-order valence-corrected chi connectivity index (χ4v) is 3.21. The molecule has 5 nitrogen and oxygen atoms in total. The second-order valence-electron chi connectivity index (χ2n) is 7.65. The summed E-state index contributed by atoms with van der Waals surface area (Å²) in [6.45, 7) is 11.1. The van der Waals surface area contributed by atoms with Gasteiger partial charge < -0.3 is 20.9 Å². The van der Waals surface area contributed by atoms with E-state index in [9.17, 15) is 0 Å². The van der Waals surface area contributed by atoms with E-state index in [4.69, 9.17) is 20.9 Å². The summed E-state index contributed by atoms with van der Waals surface area (Å²) >= 11 is 0. The molecule has 2 atom stereocenters. The maximum atomic E-state index is 6.35. The molecule has 2 aromatic rings. The Morgan fingerprint density at radius 3 is 2.07 bits per heavy atom. The molecule has 0 aliphatic heterocycles. The van der Waals surface area contributed by atoms with Crippen LogP contribution in [0.2, 0.25) is 0 Å². The van der Waals surface area contributed by atoms with Gasteiger partial charge in [0.1, 0.15) is 11.9 Å². The Morgan fingerprint density at radius 1 is 0.862 bits per heavy atom. The van der Waals surface area contributed by atoms with Gasteiger partial charge in [-0.05, 0) is 64.0 Å². The van der Waals surface area contributed by atoms with Crippen molar-refractivity contribution in [2.75, 3.05) is 24.6 Å². The maximum absolute atomic E-state index is 6.35. The summed E-state index contributed by atoms with van der Waals surface area (Å²) in [4.78, 5) is 2.54. The monoisotopic (exact) mass is 399 g/mol. The number of nitrogen functional groups attached to an aromatic ring is 2. The van der Waals surface area contributed by atoms with E-state index in [2.05, 4.69) is 32.6 Å². The molecule has 0 amide bonds. The second kappa shape index (κ2) is 11.6. The zero-order chi connectivity index (χ0) is 21.2. The van der Waals surface area contributed by atoms with Gasteiger partial charge in [-0.15, -0.1) is 0 Å². The highest BCUT2D eigenvalue weighted by Gasteiger charge is 2.22. The van der Waals surface area contributed by atoms with Crippen LogP contribution < -0.4 is 20.9 Å². The minimum absolute atomic E-state index is 0.0324. The van der Waals surface area contributed by atoms with Crippen LogP contribution in [0.1, 0.15) is 53.4 Å². The Hall–Kier alpha value is -2.40. The van der Waals surface area contributed by atoms with E-state index < -0.39 is 0 Å². The molecule has 2 unspecified atom stereocenters. The molecule has 0 aromatic heterocycles. The molecule has 5 heteroatoms. The number of anilines is 2. The van der Waals surface area contributed by atoms with Crippen molar-refractivity contribution >= 4 is 11.4 Å². The Bertz CT molecular complexity index is 743. The second-order valence-corrected chi connectivity index (χ2v) is 7.65. The lowest BCUT2D eigenvalue weighted by molar-refractivity contribution is 0.0834.